The molecule has 0 radical (unpaired) electrons. The van der Waals surface area contributed by atoms with Crippen molar-refractivity contribution in [2.24, 2.45) is 5.41 Å². The van der Waals surface area contributed by atoms with Crippen molar-refractivity contribution in [2.75, 3.05) is 6.54 Å². The fraction of sp³-hybridized carbons (Fsp3) is 0.577. The number of thiophene rings is 1. The minimum Gasteiger partial charge on any atom is -0.478 e. The summed E-state index contributed by atoms with van der Waals surface area (Å²) in [4.78, 5) is 13.1. The average Bonchev–Trinajstić information content (AvgIpc) is 3.04. The molecule has 176 valence electrons. The van der Waals surface area contributed by atoms with E-state index in [0.717, 1.165) is 23.5 Å². The predicted octanol–water partition coefficient (Wildman–Crippen LogP) is 4.64. The number of ether oxygens (including phenoxy) is 1. The van der Waals surface area contributed by atoms with Crippen molar-refractivity contribution in [3.63, 3.8) is 0 Å². The van der Waals surface area contributed by atoms with Gasteiger partial charge in [0.1, 0.15) is 5.60 Å². The van der Waals surface area contributed by atoms with Crippen LogP contribution in [0.25, 0.3) is 0 Å². The maximum absolute atomic E-state index is 11.8. The number of carbonyl (C=O) groups excluding carboxylic acids is 1. The van der Waals surface area contributed by atoms with Crippen LogP contribution in [0.2, 0.25) is 0 Å². The Morgan fingerprint density at radius 1 is 1.28 bits per heavy atom. The third-order valence-electron chi connectivity index (χ3n) is 5.65. The van der Waals surface area contributed by atoms with Crippen LogP contribution in [0.3, 0.4) is 0 Å². The van der Waals surface area contributed by atoms with E-state index in [9.17, 15) is 9.90 Å². The Morgan fingerprint density at radius 2 is 1.97 bits per heavy atom. The Kier molecular flexibility index (Phi) is 7.69. The van der Waals surface area contributed by atoms with Crippen LogP contribution < -0.4 is 15.4 Å². The van der Waals surface area contributed by atoms with Gasteiger partial charge < -0.3 is 20.5 Å². The molecule has 32 heavy (non-hydrogen) atoms. The number of nitrogens with one attached hydrogen (secondary N) is 2. The van der Waals surface area contributed by atoms with Crippen LogP contribution in [0, 0.1) is 5.41 Å². The number of carbonyl (C=O) groups is 1. The lowest BCUT2D eigenvalue weighted by Gasteiger charge is -2.37. The van der Waals surface area contributed by atoms with E-state index in [1.165, 1.54) is 17.4 Å². The quantitative estimate of drug-likeness (QED) is 0.539. The van der Waals surface area contributed by atoms with Crippen molar-refractivity contribution in [2.45, 2.75) is 84.6 Å². The van der Waals surface area contributed by atoms with Gasteiger partial charge in [0.05, 0.1) is 12.1 Å². The van der Waals surface area contributed by atoms with Crippen LogP contribution >= 0.6 is 11.3 Å². The van der Waals surface area contributed by atoms with Gasteiger partial charge in [-0.2, -0.15) is 0 Å². The minimum atomic E-state index is -0.707. The molecule has 2 aromatic rings. The SMILES string of the molecule is CC(=O)N[C@@H](Cc1ccccc1)[C@H](O)CN[C@H]1CC(C)(C)Oc2sc(CC(C)(C)C)cc21. The predicted molar refractivity (Wildman–Crippen MR) is 131 cm³/mol. The molecule has 0 spiro atoms. The first kappa shape index (κ1) is 24.7. The zero-order valence-corrected chi connectivity index (χ0v) is 21.0. The molecule has 0 saturated carbocycles. The maximum Gasteiger partial charge on any atom is 0.217 e. The van der Waals surface area contributed by atoms with Crippen LogP contribution in [0.15, 0.2) is 36.4 Å². The monoisotopic (exact) mass is 458 g/mol. The van der Waals surface area contributed by atoms with Gasteiger partial charge in [-0.05, 0) is 43.7 Å². The molecule has 0 aliphatic carbocycles. The molecule has 3 atom stereocenters. The molecule has 0 bridgehead atoms. The fourth-order valence-electron chi connectivity index (χ4n) is 4.27. The Bertz CT molecular complexity index is 902. The zero-order valence-electron chi connectivity index (χ0n) is 20.2. The van der Waals surface area contributed by atoms with Crippen molar-refractivity contribution in [3.8, 4) is 5.06 Å². The van der Waals surface area contributed by atoms with Gasteiger partial charge in [0.15, 0.2) is 5.06 Å². The lowest BCUT2D eigenvalue weighted by molar-refractivity contribution is -0.120. The smallest absolute Gasteiger partial charge is 0.217 e. The van der Waals surface area contributed by atoms with Crippen LogP contribution in [0.4, 0.5) is 0 Å². The number of amides is 1. The Labute approximate surface area is 196 Å². The summed E-state index contributed by atoms with van der Waals surface area (Å²) in [5.41, 5.74) is 2.20. The number of benzene rings is 1. The number of fused-ring (bicyclic) bond motifs is 1. The second kappa shape index (κ2) is 9.94. The third-order valence-corrected chi connectivity index (χ3v) is 6.67. The van der Waals surface area contributed by atoms with Crippen molar-refractivity contribution in [1.29, 1.82) is 0 Å². The molecule has 5 nitrogen and oxygen atoms in total. The molecule has 3 rings (SSSR count). The summed E-state index contributed by atoms with van der Waals surface area (Å²) in [6.07, 6.45) is 1.70. The molecule has 0 saturated heterocycles. The molecule has 1 amide bonds. The van der Waals surface area contributed by atoms with Gasteiger partial charge in [0.25, 0.3) is 0 Å². The van der Waals surface area contributed by atoms with Gasteiger partial charge >= 0.3 is 0 Å². The summed E-state index contributed by atoms with van der Waals surface area (Å²) < 4.78 is 6.29. The van der Waals surface area contributed by atoms with Crippen LogP contribution in [0.1, 0.15) is 70.0 Å². The van der Waals surface area contributed by atoms with Gasteiger partial charge in [-0.3, -0.25) is 4.79 Å². The molecular formula is C26H38N2O3S. The highest BCUT2D eigenvalue weighted by Gasteiger charge is 2.36. The third kappa shape index (κ3) is 7.06. The van der Waals surface area contributed by atoms with E-state index >= 15 is 0 Å². The van der Waals surface area contributed by atoms with Gasteiger partial charge in [0, 0.05) is 36.4 Å². The molecule has 1 aliphatic rings. The molecule has 1 aliphatic heterocycles. The first-order valence-electron chi connectivity index (χ1n) is 11.5. The summed E-state index contributed by atoms with van der Waals surface area (Å²) in [6.45, 7) is 12.8. The molecule has 6 heteroatoms. The van der Waals surface area contributed by atoms with E-state index in [-0.39, 0.29) is 29.0 Å². The van der Waals surface area contributed by atoms with Gasteiger partial charge in [-0.15, -0.1) is 11.3 Å². The highest BCUT2D eigenvalue weighted by atomic mass is 32.1. The van der Waals surface area contributed by atoms with E-state index in [2.05, 4.69) is 51.3 Å². The second-order valence-electron chi connectivity index (χ2n) is 10.8. The van der Waals surface area contributed by atoms with Gasteiger partial charge in [-0.25, -0.2) is 0 Å². The summed E-state index contributed by atoms with van der Waals surface area (Å²) in [5.74, 6) is -0.135. The minimum absolute atomic E-state index is 0.100. The molecule has 0 fully saturated rings. The highest BCUT2D eigenvalue weighted by molar-refractivity contribution is 7.14. The number of hydrogen-bond donors (Lipinski definition) is 3. The van der Waals surface area contributed by atoms with Crippen molar-refractivity contribution in [1.82, 2.24) is 10.6 Å². The Morgan fingerprint density at radius 3 is 2.59 bits per heavy atom. The van der Waals surface area contributed by atoms with E-state index < -0.39 is 6.10 Å². The largest absolute Gasteiger partial charge is 0.478 e. The normalized spacial score (nSPS) is 19.5. The lowest BCUT2D eigenvalue weighted by atomic mass is 9.89. The van der Waals surface area contributed by atoms with E-state index in [1.54, 1.807) is 11.3 Å². The van der Waals surface area contributed by atoms with Crippen LogP contribution in [0.5, 0.6) is 5.06 Å². The number of hydrogen-bond acceptors (Lipinski definition) is 5. The number of aliphatic hydroxyl groups excluding tert-OH is 1. The molecule has 1 aromatic heterocycles. The summed E-state index contributed by atoms with van der Waals surface area (Å²) >= 11 is 1.74. The highest BCUT2D eigenvalue weighted by Crippen LogP contribution is 2.45. The molecule has 2 heterocycles. The average molecular weight is 459 g/mol. The zero-order chi connectivity index (χ0) is 23.5. The first-order valence-corrected chi connectivity index (χ1v) is 12.3. The van der Waals surface area contributed by atoms with Crippen LogP contribution in [-0.2, 0) is 17.6 Å². The molecular weight excluding hydrogens is 420 g/mol. The van der Waals surface area contributed by atoms with Crippen molar-refractivity contribution in [3.05, 3.63) is 52.4 Å². The van der Waals surface area contributed by atoms with Gasteiger partial charge in [-0.1, -0.05) is 51.1 Å². The first-order chi connectivity index (χ1) is 14.9. The van der Waals surface area contributed by atoms with Crippen molar-refractivity contribution < 1.29 is 14.6 Å². The summed E-state index contributed by atoms with van der Waals surface area (Å²) in [7, 11) is 0. The molecule has 3 N–H and O–H groups in total. The molecule has 0 unspecified atom stereocenters. The maximum atomic E-state index is 11.8. The topological polar surface area (TPSA) is 70.6 Å². The van der Waals surface area contributed by atoms with E-state index in [1.807, 2.05) is 30.3 Å². The number of aliphatic hydroxyl groups is 1. The summed E-state index contributed by atoms with van der Waals surface area (Å²) in [6, 6.07) is 12.0. The van der Waals surface area contributed by atoms with E-state index in [4.69, 9.17) is 4.74 Å². The standard InChI is InChI=1S/C26H38N2O3S/c1-17(29)28-21(12-18-10-8-7-9-11-18)23(30)16-27-22-15-26(5,6)31-24-20(22)13-19(32-24)14-25(2,3)4/h7-11,13,21-23,27,30H,12,14-16H2,1-6H3,(H,28,29)/t21-,22-,23+/m0/s1. The number of rotatable bonds is 8. The lowest BCUT2D eigenvalue weighted by Crippen LogP contribution is -2.49. The van der Waals surface area contributed by atoms with Crippen LogP contribution in [-0.4, -0.2) is 35.3 Å². The van der Waals surface area contributed by atoms with Gasteiger partial charge in [0.2, 0.25) is 5.91 Å². The molecule has 1 aromatic carbocycles. The second-order valence-corrected chi connectivity index (χ2v) is 11.9. The Balaban J connectivity index is 1.72. The van der Waals surface area contributed by atoms with E-state index in [0.29, 0.717) is 13.0 Å². The van der Waals surface area contributed by atoms with Crippen molar-refractivity contribution >= 4 is 17.2 Å². The Hall–Kier alpha value is -1.89. The summed E-state index contributed by atoms with van der Waals surface area (Å²) in [5, 5.41) is 18.5. The fourth-order valence-corrected chi connectivity index (χ4v) is 5.78.